The number of rotatable bonds is 9. The molecule has 0 radical (unpaired) electrons. The molecule has 1 aliphatic rings. The topological polar surface area (TPSA) is 89.0 Å². The Bertz CT molecular complexity index is 1770. The van der Waals surface area contributed by atoms with Gasteiger partial charge in [-0.3, -0.25) is 14.5 Å². The van der Waals surface area contributed by atoms with Crippen molar-refractivity contribution in [2.75, 3.05) is 4.90 Å². The van der Waals surface area contributed by atoms with Gasteiger partial charge in [0.25, 0.3) is 5.78 Å². The number of hydrogen-bond acceptors (Lipinski definition) is 7. The molecule has 1 aliphatic heterocycles. The molecule has 214 valence electrons. The third-order valence-corrected chi connectivity index (χ3v) is 8.07. The molecule has 2 heterocycles. The summed E-state index contributed by atoms with van der Waals surface area (Å²) in [4.78, 5) is 32.4. The van der Waals surface area contributed by atoms with Crippen LogP contribution in [0.25, 0.3) is 5.76 Å². The summed E-state index contributed by atoms with van der Waals surface area (Å²) in [5.74, 6) is -0.533. The first-order chi connectivity index (χ1) is 21.0. The summed E-state index contributed by atoms with van der Waals surface area (Å²) >= 11 is 1.25. The molecule has 8 heteroatoms. The van der Waals surface area contributed by atoms with Crippen LogP contribution in [0.15, 0.2) is 120 Å². The van der Waals surface area contributed by atoms with E-state index < -0.39 is 17.7 Å². The van der Waals surface area contributed by atoms with Gasteiger partial charge >= 0.3 is 5.91 Å². The number of nitrogens with zero attached hydrogens (tertiary/aromatic N) is 2. The first-order valence-corrected chi connectivity index (χ1v) is 14.6. The molecule has 4 aromatic carbocycles. The zero-order valence-corrected chi connectivity index (χ0v) is 24.2. The molecule has 0 spiro atoms. The van der Waals surface area contributed by atoms with Crippen molar-refractivity contribution in [3.05, 3.63) is 148 Å². The molecule has 0 saturated carbocycles. The number of aryl methyl sites for hydroxylation is 1. The summed E-state index contributed by atoms with van der Waals surface area (Å²) in [7, 11) is 0. The maximum atomic E-state index is 13.4. The smallest absolute Gasteiger partial charge is 0.301 e. The first kappa shape index (κ1) is 27.9. The molecule has 43 heavy (non-hydrogen) atoms. The molecular weight excluding hydrogens is 560 g/mol. The molecule has 0 aliphatic carbocycles. The van der Waals surface area contributed by atoms with Crippen LogP contribution < -0.4 is 14.4 Å². The normalized spacial score (nSPS) is 15.9. The number of carbonyl (C=O) groups is 2. The van der Waals surface area contributed by atoms with E-state index in [4.69, 9.17) is 9.47 Å². The predicted molar refractivity (Wildman–Crippen MR) is 166 cm³/mol. The van der Waals surface area contributed by atoms with Crippen LogP contribution in [0.5, 0.6) is 11.5 Å². The van der Waals surface area contributed by atoms with Crippen LogP contribution in [0, 0.1) is 6.92 Å². The summed E-state index contributed by atoms with van der Waals surface area (Å²) in [5, 5.41) is 13.6. The molecule has 0 bridgehead atoms. The number of hydrogen-bond donors (Lipinski definition) is 1. The van der Waals surface area contributed by atoms with E-state index in [2.05, 4.69) is 4.98 Å². The number of aromatic nitrogens is 1. The minimum atomic E-state index is -0.869. The van der Waals surface area contributed by atoms with Crippen molar-refractivity contribution in [2.45, 2.75) is 26.2 Å². The fourth-order valence-electron chi connectivity index (χ4n) is 4.97. The number of aliphatic hydroxyl groups is 1. The summed E-state index contributed by atoms with van der Waals surface area (Å²) in [6.45, 7) is 2.84. The van der Waals surface area contributed by atoms with Crippen LogP contribution in [0.2, 0.25) is 0 Å². The van der Waals surface area contributed by atoms with Crippen LogP contribution in [-0.4, -0.2) is 21.8 Å². The fraction of sp³-hybridized carbons (Fsp3) is 0.114. The average molecular weight is 589 g/mol. The van der Waals surface area contributed by atoms with E-state index in [1.54, 1.807) is 60.1 Å². The third kappa shape index (κ3) is 5.91. The van der Waals surface area contributed by atoms with Gasteiger partial charge in [-0.05, 0) is 65.6 Å². The van der Waals surface area contributed by atoms with Crippen molar-refractivity contribution < 1.29 is 24.2 Å². The van der Waals surface area contributed by atoms with E-state index in [0.717, 1.165) is 16.7 Å². The van der Waals surface area contributed by atoms with Crippen molar-refractivity contribution in [2.24, 2.45) is 0 Å². The Hall–Kier alpha value is -5.21. The Balaban J connectivity index is 1.29. The first-order valence-electron chi connectivity index (χ1n) is 13.7. The van der Waals surface area contributed by atoms with Crippen molar-refractivity contribution in [1.29, 1.82) is 0 Å². The van der Waals surface area contributed by atoms with Gasteiger partial charge in [-0.25, -0.2) is 4.98 Å². The Morgan fingerprint density at radius 2 is 1.49 bits per heavy atom. The van der Waals surface area contributed by atoms with E-state index in [1.165, 1.54) is 16.2 Å². The molecule has 1 fully saturated rings. The van der Waals surface area contributed by atoms with Gasteiger partial charge in [0, 0.05) is 17.1 Å². The number of thiazole rings is 1. The summed E-state index contributed by atoms with van der Waals surface area (Å²) in [5.41, 5.74) is 4.28. The fourth-order valence-corrected chi connectivity index (χ4v) is 5.63. The number of Topliss-reactive ketones (excluding diaryl/α,β-unsaturated/α-hetero) is 1. The van der Waals surface area contributed by atoms with Gasteiger partial charge in [0.1, 0.15) is 30.5 Å². The van der Waals surface area contributed by atoms with Gasteiger partial charge in [-0.1, -0.05) is 66.7 Å². The number of carbonyl (C=O) groups excluding carboxylic acids is 2. The van der Waals surface area contributed by atoms with Crippen molar-refractivity contribution in [3.8, 4) is 11.5 Å². The van der Waals surface area contributed by atoms with Gasteiger partial charge in [0.2, 0.25) is 0 Å². The molecule has 1 unspecified atom stereocenters. The average Bonchev–Trinajstić information content (AvgIpc) is 3.66. The molecule has 7 nitrogen and oxygen atoms in total. The zero-order valence-electron chi connectivity index (χ0n) is 23.3. The Kier molecular flexibility index (Phi) is 8.02. The molecule has 1 atom stereocenters. The van der Waals surface area contributed by atoms with E-state index in [1.807, 2.05) is 61.5 Å². The van der Waals surface area contributed by atoms with Gasteiger partial charge in [0.15, 0.2) is 5.13 Å². The molecule has 1 N–H and O–H groups in total. The Morgan fingerprint density at radius 1 is 0.837 bits per heavy atom. The maximum Gasteiger partial charge on any atom is 0.301 e. The second-order valence-corrected chi connectivity index (χ2v) is 10.9. The highest BCUT2D eigenvalue weighted by molar-refractivity contribution is 7.14. The molecule has 1 saturated heterocycles. The minimum Gasteiger partial charge on any atom is -0.507 e. The largest absolute Gasteiger partial charge is 0.507 e. The zero-order chi connectivity index (χ0) is 29.8. The highest BCUT2D eigenvalue weighted by Crippen LogP contribution is 2.43. The number of benzene rings is 4. The molecule has 5 aromatic rings. The van der Waals surface area contributed by atoms with Crippen molar-refractivity contribution in [1.82, 2.24) is 4.98 Å². The summed E-state index contributed by atoms with van der Waals surface area (Å²) in [6, 6.07) is 31.0. The van der Waals surface area contributed by atoms with Crippen LogP contribution in [-0.2, 0) is 22.8 Å². The van der Waals surface area contributed by atoms with Gasteiger partial charge in [0.05, 0.1) is 11.6 Å². The minimum absolute atomic E-state index is 0.00765. The quantitative estimate of drug-likeness (QED) is 0.111. The van der Waals surface area contributed by atoms with Gasteiger partial charge in [-0.15, -0.1) is 11.3 Å². The lowest BCUT2D eigenvalue weighted by molar-refractivity contribution is -0.132. The van der Waals surface area contributed by atoms with Gasteiger partial charge in [-0.2, -0.15) is 0 Å². The molecule has 1 amide bonds. The SMILES string of the molecule is Cc1ccccc1COc1ccc(C(O)=C2C(=O)C(=O)N(c3nccs3)C2c2ccc(OCc3ccccc3)cc2)cc1. The highest BCUT2D eigenvalue weighted by atomic mass is 32.1. The van der Waals surface area contributed by atoms with E-state index >= 15 is 0 Å². The van der Waals surface area contributed by atoms with Crippen LogP contribution >= 0.6 is 11.3 Å². The number of amides is 1. The maximum absolute atomic E-state index is 13.4. The predicted octanol–water partition coefficient (Wildman–Crippen LogP) is 7.24. The second-order valence-electron chi connectivity index (χ2n) is 10.1. The standard InChI is InChI=1S/C35H28N2O5S/c1-23-7-5-6-10-27(23)22-42-29-17-13-26(14-18-29)32(38)30-31(37(34(40)33(30)39)35-36-19-20-43-35)25-11-15-28(16-12-25)41-21-24-8-3-2-4-9-24/h2-20,31,38H,21-22H2,1H3. The summed E-state index contributed by atoms with van der Waals surface area (Å²) < 4.78 is 11.9. The van der Waals surface area contributed by atoms with Crippen LogP contribution in [0.1, 0.15) is 33.9 Å². The van der Waals surface area contributed by atoms with Crippen LogP contribution in [0.4, 0.5) is 5.13 Å². The second kappa shape index (κ2) is 12.3. The third-order valence-electron chi connectivity index (χ3n) is 7.30. The molecule has 1 aromatic heterocycles. The number of anilines is 1. The summed E-state index contributed by atoms with van der Waals surface area (Å²) in [6.07, 6.45) is 1.58. The van der Waals surface area contributed by atoms with Crippen molar-refractivity contribution in [3.63, 3.8) is 0 Å². The monoisotopic (exact) mass is 588 g/mol. The van der Waals surface area contributed by atoms with Crippen LogP contribution in [0.3, 0.4) is 0 Å². The van der Waals surface area contributed by atoms with E-state index in [-0.39, 0.29) is 11.3 Å². The number of aliphatic hydroxyl groups excluding tert-OH is 1. The van der Waals surface area contributed by atoms with Gasteiger partial charge < -0.3 is 14.6 Å². The Labute approximate surface area is 253 Å². The van der Waals surface area contributed by atoms with E-state index in [9.17, 15) is 14.7 Å². The van der Waals surface area contributed by atoms with E-state index in [0.29, 0.717) is 41.0 Å². The molecule has 6 rings (SSSR count). The number of ketones is 1. The number of ether oxygens (including phenoxy) is 2. The lowest BCUT2D eigenvalue weighted by Gasteiger charge is -2.23. The Morgan fingerprint density at radius 3 is 2.16 bits per heavy atom. The highest BCUT2D eigenvalue weighted by Gasteiger charge is 2.48. The lowest BCUT2D eigenvalue weighted by Crippen LogP contribution is -2.29. The molecular formula is C35H28N2O5S. The lowest BCUT2D eigenvalue weighted by atomic mass is 9.95. The van der Waals surface area contributed by atoms with Crippen molar-refractivity contribution >= 4 is 33.9 Å².